The molecule has 0 fully saturated rings. The first kappa shape index (κ1) is 15.6. The first-order valence-electron chi connectivity index (χ1n) is 7.76. The molecule has 2 aromatic carbocycles. The van der Waals surface area contributed by atoms with Crippen LogP contribution < -0.4 is 5.32 Å². The Labute approximate surface area is 148 Å². The molecule has 0 radical (unpaired) electrons. The lowest BCUT2D eigenvalue weighted by Crippen LogP contribution is -2.02. The van der Waals surface area contributed by atoms with E-state index in [0.717, 1.165) is 27.5 Å². The number of hydrogen-bond acceptors (Lipinski definition) is 3. The predicted molar refractivity (Wildman–Crippen MR) is 98.1 cm³/mol. The fraction of sp³-hybridized carbons (Fsp3) is 0.0526. The molecule has 0 saturated heterocycles. The Kier molecular flexibility index (Phi) is 4.07. The topological polar surface area (TPSA) is 53.6 Å². The van der Waals surface area contributed by atoms with Crippen LogP contribution in [0.1, 0.15) is 5.56 Å². The van der Waals surface area contributed by atoms with Crippen LogP contribution in [0.2, 0.25) is 5.02 Å². The van der Waals surface area contributed by atoms with E-state index < -0.39 is 0 Å². The molecule has 0 spiro atoms. The number of nitrogens with one attached hydrogen (secondary N) is 2. The number of H-pyrrole nitrogens is 1. The van der Waals surface area contributed by atoms with Crippen molar-refractivity contribution in [2.24, 2.45) is 0 Å². The molecule has 2 heterocycles. The van der Waals surface area contributed by atoms with Gasteiger partial charge < -0.3 is 5.32 Å². The van der Waals surface area contributed by atoms with Crippen molar-refractivity contribution in [2.45, 2.75) is 6.54 Å². The number of rotatable bonds is 4. The lowest BCUT2D eigenvalue weighted by molar-refractivity contribution is 0.627. The summed E-state index contributed by atoms with van der Waals surface area (Å²) in [4.78, 5) is 4.40. The quantitative estimate of drug-likeness (QED) is 0.541. The number of fused-ring (bicyclic) bond motifs is 1. The Morgan fingerprint density at radius 1 is 1.04 bits per heavy atom. The second kappa shape index (κ2) is 6.53. The van der Waals surface area contributed by atoms with Crippen molar-refractivity contribution in [1.29, 1.82) is 0 Å². The largest absolute Gasteiger partial charge is 0.365 e. The van der Waals surface area contributed by atoms with Crippen molar-refractivity contribution < 1.29 is 4.39 Å². The van der Waals surface area contributed by atoms with Gasteiger partial charge in [0.05, 0.1) is 11.2 Å². The van der Waals surface area contributed by atoms with Gasteiger partial charge in [-0.2, -0.15) is 5.10 Å². The molecule has 0 atom stereocenters. The summed E-state index contributed by atoms with van der Waals surface area (Å²) in [6.07, 6.45) is 5.39. The number of aromatic amines is 1. The SMILES string of the molecule is Fc1ccc(CNc2ncc3ccc(-c4cn[nH]c4)cc3c2Cl)cc1. The summed E-state index contributed by atoms with van der Waals surface area (Å²) in [5.41, 5.74) is 2.97. The second-order valence-corrected chi connectivity index (χ2v) is 6.07. The molecule has 124 valence electrons. The number of hydrogen-bond donors (Lipinski definition) is 2. The van der Waals surface area contributed by atoms with Gasteiger partial charge in [0, 0.05) is 35.3 Å². The van der Waals surface area contributed by atoms with Crippen LogP contribution in [0.4, 0.5) is 10.2 Å². The van der Waals surface area contributed by atoms with Crippen LogP contribution in [-0.2, 0) is 6.54 Å². The average Bonchev–Trinajstić information content (AvgIpc) is 3.17. The van der Waals surface area contributed by atoms with Crippen molar-refractivity contribution in [1.82, 2.24) is 15.2 Å². The van der Waals surface area contributed by atoms with E-state index >= 15 is 0 Å². The second-order valence-electron chi connectivity index (χ2n) is 5.69. The number of nitrogens with zero attached hydrogens (tertiary/aromatic N) is 2. The Morgan fingerprint density at radius 2 is 1.88 bits per heavy atom. The third-order valence-corrected chi connectivity index (χ3v) is 4.42. The molecule has 0 aliphatic rings. The summed E-state index contributed by atoms with van der Waals surface area (Å²) in [6.45, 7) is 0.514. The van der Waals surface area contributed by atoms with Gasteiger partial charge in [-0.25, -0.2) is 9.37 Å². The summed E-state index contributed by atoms with van der Waals surface area (Å²) in [5.74, 6) is 0.347. The zero-order valence-electron chi connectivity index (χ0n) is 13.1. The van der Waals surface area contributed by atoms with Gasteiger partial charge in [-0.05, 0) is 29.3 Å². The van der Waals surface area contributed by atoms with E-state index in [1.165, 1.54) is 12.1 Å². The Balaban J connectivity index is 1.65. The van der Waals surface area contributed by atoms with Gasteiger partial charge in [0.2, 0.25) is 0 Å². The number of benzene rings is 2. The molecule has 6 heteroatoms. The smallest absolute Gasteiger partial charge is 0.145 e. The highest BCUT2D eigenvalue weighted by Crippen LogP contribution is 2.32. The first-order chi connectivity index (χ1) is 12.2. The normalized spacial score (nSPS) is 11.0. The maximum absolute atomic E-state index is 13.0. The lowest BCUT2D eigenvalue weighted by atomic mass is 10.0. The van der Waals surface area contributed by atoms with Gasteiger partial charge in [0.1, 0.15) is 11.6 Å². The van der Waals surface area contributed by atoms with Crippen LogP contribution in [0.5, 0.6) is 0 Å². The molecular formula is C19H14ClFN4. The molecule has 4 aromatic rings. The Bertz CT molecular complexity index is 1010. The summed E-state index contributed by atoms with van der Waals surface area (Å²) in [6, 6.07) is 12.3. The van der Waals surface area contributed by atoms with Crippen molar-refractivity contribution in [3.05, 3.63) is 77.5 Å². The first-order valence-corrected chi connectivity index (χ1v) is 8.14. The Hall–Kier alpha value is -2.92. The van der Waals surface area contributed by atoms with E-state index in [4.69, 9.17) is 11.6 Å². The summed E-state index contributed by atoms with van der Waals surface area (Å²) >= 11 is 6.56. The summed E-state index contributed by atoms with van der Waals surface area (Å²) < 4.78 is 13.0. The maximum Gasteiger partial charge on any atom is 0.145 e. The van der Waals surface area contributed by atoms with Gasteiger partial charge in [0.25, 0.3) is 0 Å². The van der Waals surface area contributed by atoms with Crippen molar-refractivity contribution >= 4 is 28.2 Å². The minimum atomic E-state index is -0.252. The van der Waals surface area contributed by atoms with Crippen LogP contribution in [-0.4, -0.2) is 15.2 Å². The molecule has 0 aliphatic carbocycles. The van der Waals surface area contributed by atoms with Gasteiger partial charge in [-0.3, -0.25) is 5.10 Å². The Morgan fingerprint density at radius 3 is 2.64 bits per heavy atom. The molecular weight excluding hydrogens is 339 g/mol. The van der Waals surface area contributed by atoms with Crippen molar-refractivity contribution in [2.75, 3.05) is 5.32 Å². The highest BCUT2D eigenvalue weighted by molar-refractivity contribution is 6.38. The van der Waals surface area contributed by atoms with Crippen LogP contribution in [0, 0.1) is 5.82 Å². The van der Waals surface area contributed by atoms with Gasteiger partial charge in [-0.1, -0.05) is 35.9 Å². The van der Waals surface area contributed by atoms with Crippen LogP contribution >= 0.6 is 11.6 Å². The maximum atomic E-state index is 13.0. The zero-order valence-corrected chi connectivity index (χ0v) is 13.9. The molecule has 0 unspecified atom stereocenters. The third-order valence-electron chi connectivity index (χ3n) is 4.04. The van der Waals surface area contributed by atoms with Gasteiger partial charge >= 0.3 is 0 Å². The van der Waals surface area contributed by atoms with E-state index in [9.17, 15) is 4.39 Å². The number of aromatic nitrogens is 3. The van der Waals surface area contributed by atoms with Crippen LogP contribution in [0.3, 0.4) is 0 Å². The number of anilines is 1. The molecule has 4 nitrogen and oxygen atoms in total. The van der Waals surface area contributed by atoms with Gasteiger partial charge in [-0.15, -0.1) is 0 Å². The molecule has 0 bridgehead atoms. The summed E-state index contributed by atoms with van der Waals surface area (Å²) in [7, 11) is 0. The van der Waals surface area contributed by atoms with E-state index in [0.29, 0.717) is 17.4 Å². The fourth-order valence-electron chi connectivity index (χ4n) is 2.68. The van der Waals surface area contributed by atoms with Crippen LogP contribution in [0.25, 0.3) is 21.9 Å². The molecule has 0 aliphatic heterocycles. The number of halogens is 2. The highest BCUT2D eigenvalue weighted by atomic mass is 35.5. The molecule has 2 aromatic heterocycles. The summed E-state index contributed by atoms with van der Waals surface area (Å²) in [5, 5.41) is 12.4. The zero-order chi connectivity index (χ0) is 17.2. The minimum Gasteiger partial charge on any atom is -0.365 e. The van der Waals surface area contributed by atoms with E-state index in [-0.39, 0.29) is 5.82 Å². The molecule has 4 rings (SSSR count). The third kappa shape index (κ3) is 3.19. The fourth-order valence-corrected chi connectivity index (χ4v) is 2.96. The highest BCUT2D eigenvalue weighted by Gasteiger charge is 2.09. The molecule has 25 heavy (non-hydrogen) atoms. The standard InChI is InChI=1S/C19H14ClFN4/c20-18-17-7-13(15-10-24-25-11-15)3-4-14(17)9-23-19(18)22-8-12-1-5-16(21)6-2-12/h1-7,9-11H,8H2,(H,22,23)(H,24,25). The average molecular weight is 353 g/mol. The van der Waals surface area contributed by atoms with Crippen LogP contribution in [0.15, 0.2) is 61.1 Å². The van der Waals surface area contributed by atoms with Crippen molar-refractivity contribution in [3.63, 3.8) is 0 Å². The van der Waals surface area contributed by atoms with E-state index in [2.05, 4.69) is 20.5 Å². The molecule has 0 amide bonds. The van der Waals surface area contributed by atoms with Crippen molar-refractivity contribution in [3.8, 4) is 11.1 Å². The van der Waals surface area contributed by atoms with E-state index in [1.807, 2.05) is 24.4 Å². The number of pyridine rings is 1. The van der Waals surface area contributed by atoms with E-state index in [1.54, 1.807) is 24.5 Å². The lowest BCUT2D eigenvalue weighted by Gasteiger charge is -2.10. The minimum absolute atomic E-state index is 0.252. The molecule has 0 saturated carbocycles. The predicted octanol–water partition coefficient (Wildman–Crippen LogP) is 5.03. The monoisotopic (exact) mass is 352 g/mol. The molecule has 2 N–H and O–H groups in total. The van der Waals surface area contributed by atoms with Gasteiger partial charge in [0.15, 0.2) is 0 Å².